The van der Waals surface area contributed by atoms with Crippen molar-refractivity contribution in [1.29, 1.82) is 0 Å². The summed E-state index contributed by atoms with van der Waals surface area (Å²) < 4.78 is 0. The fourth-order valence-electron chi connectivity index (χ4n) is 3.68. The second-order valence-corrected chi connectivity index (χ2v) is 6.36. The molecule has 5 aromatic rings. The van der Waals surface area contributed by atoms with Gasteiger partial charge in [0, 0.05) is 0 Å². The van der Waals surface area contributed by atoms with Gasteiger partial charge < -0.3 is 0 Å². The van der Waals surface area contributed by atoms with E-state index in [0.717, 1.165) is 0 Å². The lowest BCUT2D eigenvalue weighted by Crippen LogP contribution is -1.83. The first kappa shape index (κ1) is 12.7. The van der Waals surface area contributed by atoms with Crippen LogP contribution in [0.1, 0.15) is 5.56 Å². The highest BCUT2D eigenvalue weighted by Crippen LogP contribution is 2.33. The fourth-order valence-corrected chi connectivity index (χ4v) is 3.68. The molecule has 0 spiro atoms. The molecule has 0 saturated heterocycles. The lowest BCUT2D eigenvalue weighted by molar-refractivity contribution is 1.54. The van der Waals surface area contributed by atoms with Gasteiger partial charge in [0.25, 0.3) is 0 Å². The molecule has 0 atom stereocenters. The third-order valence-electron chi connectivity index (χ3n) is 4.92. The Balaban J connectivity index is 2.01. The van der Waals surface area contributed by atoms with Crippen LogP contribution in [-0.2, 0) is 0 Å². The van der Waals surface area contributed by atoms with Gasteiger partial charge in [-0.25, -0.2) is 0 Å². The summed E-state index contributed by atoms with van der Waals surface area (Å²) in [6.45, 7) is 2.19. The molecular weight excluding hydrogens is 276 g/mol. The number of hydrogen-bond acceptors (Lipinski definition) is 0. The minimum absolute atomic E-state index is 1.30. The molecule has 108 valence electrons. The average molecular weight is 292 g/mol. The second kappa shape index (κ2) is 4.57. The van der Waals surface area contributed by atoms with Gasteiger partial charge in [-0.1, -0.05) is 54.6 Å². The van der Waals surface area contributed by atoms with Gasteiger partial charge in [0.2, 0.25) is 0 Å². The van der Waals surface area contributed by atoms with Crippen LogP contribution in [0.25, 0.3) is 43.1 Å². The Bertz CT molecular complexity index is 1210. The van der Waals surface area contributed by atoms with Gasteiger partial charge in [0.1, 0.15) is 0 Å². The van der Waals surface area contributed by atoms with E-state index >= 15 is 0 Å². The minimum atomic E-state index is 1.30. The minimum Gasteiger partial charge on any atom is -0.0616 e. The first-order valence-electron chi connectivity index (χ1n) is 8.04. The summed E-state index contributed by atoms with van der Waals surface area (Å²) in [5.41, 5.74) is 1.34. The molecule has 5 aromatic carbocycles. The van der Waals surface area contributed by atoms with E-state index in [0.29, 0.717) is 0 Å². The Morgan fingerprint density at radius 2 is 1.00 bits per heavy atom. The third-order valence-corrected chi connectivity index (χ3v) is 4.92. The summed E-state index contributed by atoms with van der Waals surface area (Å²) in [6, 6.07) is 28.9. The van der Waals surface area contributed by atoms with Crippen LogP contribution in [0.15, 0.2) is 78.9 Å². The largest absolute Gasteiger partial charge is 0.0616 e. The van der Waals surface area contributed by atoms with E-state index in [9.17, 15) is 0 Å². The Labute approximate surface area is 135 Å². The molecule has 23 heavy (non-hydrogen) atoms. The standard InChI is InChI=1S/C23H16/c1-15-5-4-8-18-12-20-10-9-19-11-16-6-2-3-7-17(16)13-22(19)23(20)14-21(15)18/h2-14H,1H3. The van der Waals surface area contributed by atoms with Crippen LogP contribution in [0.2, 0.25) is 0 Å². The van der Waals surface area contributed by atoms with Gasteiger partial charge in [-0.3, -0.25) is 0 Å². The van der Waals surface area contributed by atoms with Crippen molar-refractivity contribution in [3.8, 4) is 0 Å². The van der Waals surface area contributed by atoms with Crippen molar-refractivity contribution in [2.24, 2.45) is 0 Å². The maximum Gasteiger partial charge on any atom is -0.00987 e. The molecule has 0 aliphatic carbocycles. The van der Waals surface area contributed by atoms with E-state index in [2.05, 4.69) is 85.8 Å². The molecule has 0 unspecified atom stereocenters. The zero-order valence-corrected chi connectivity index (χ0v) is 13.0. The van der Waals surface area contributed by atoms with E-state index in [4.69, 9.17) is 0 Å². The summed E-state index contributed by atoms with van der Waals surface area (Å²) in [6.07, 6.45) is 0. The maximum absolute atomic E-state index is 2.36. The molecule has 0 aliphatic heterocycles. The van der Waals surface area contributed by atoms with Crippen molar-refractivity contribution in [2.75, 3.05) is 0 Å². The van der Waals surface area contributed by atoms with E-state index in [-0.39, 0.29) is 0 Å². The summed E-state index contributed by atoms with van der Waals surface area (Å²) in [4.78, 5) is 0. The summed E-state index contributed by atoms with van der Waals surface area (Å²) in [5.74, 6) is 0. The van der Waals surface area contributed by atoms with Crippen LogP contribution in [0, 0.1) is 6.92 Å². The SMILES string of the molecule is Cc1cccc2cc3ccc4cc5ccccc5cc4c3cc12. The normalized spacial score (nSPS) is 11.7. The molecule has 0 fully saturated rings. The van der Waals surface area contributed by atoms with E-state index in [1.807, 2.05) is 0 Å². The van der Waals surface area contributed by atoms with Crippen molar-refractivity contribution >= 4 is 43.1 Å². The Morgan fingerprint density at radius 3 is 1.78 bits per heavy atom. The lowest BCUT2D eigenvalue weighted by atomic mass is 9.95. The van der Waals surface area contributed by atoms with Gasteiger partial charge in [-0.15, -0.1) is 0 Å². The predicted octanol–water partition coefficient (Wildman–Crippen LogP) is 6.61. The smallest absolute Gasteiger partial charge is 0.00987 e. The van der Waals surface area contributed by atoms with Crippen LogP contribution in [-0.4, -0.2) is 0 Å². The van der Waals surface area contributed by atoms with Crippen molar-refractivity contribution < 1.29 is 0 Å². The van der Waals surface area contributed by atoms with E-state index < -0.39 is 0 Å². The number of fused-ring (bicyclic) bond motifs is 5. The number of hydrogen-bond donors (Lipinski definition) is 0. The molecule has 0 amide bonds. The monoisotopic (exact) mass is 292 g/mol. The average Bonchev–Trinajstić information content (AvgIpc) is 2.59. The lowest BCUT2D eigenvalue weighted by Gasteiger charge is -2.09. The number of benzene rings is 5. The van der Waals surface area contributed by atoms with E-state index in [1.165, 1.54) is 48.7 Å². The molecule has 5 rings (SSSR count). The Morgan fingerprint density at radius 1 is 0.435 bits per heavy atom. The number of rotatable bonds is 0. The van der Waals surface area contributed by atoms with Gasteiger partial charge in [0.15, 0.2) is 0 Å². The van der Waals surface area contributed by atoms with Crippen molar-refractivity contribution in [1.82, 2.24) is 0 Å². The fraction of sp³-hybridized carbons (Fsp3) is 0.0435. The zero-order chi connectivity index (χ0) is 15.4. The van der Waals surface area contributed by atoms with Gasteiger partial charge in [-0.05, 0) is 79.8 Å². The first-order chi connectivity index (χ1) is 11.3. The topological polar surface area (TPSA) is 0 Å². The molecule has 0 N–H and O–H groups in total. The summed E-state index contributed by atoms with van der Waals surface area (Å²) in [7, 11) is 0. The Kier molecular flexibility index (Phi) is 2.51. The van der Waals surface area contributed by atoms with Gasteiger partial charge >= 0.3 is 0 Å². The molecular formula is C23H16. The van der Waals surface area contributed by atoms with Crippen LogP contribution in [0.3, 0.4) is 0 Å². The summed E-state index contributed by atoms with van der Waals surface area (Å²) >= 11 is 0. The molecule has 0 nitrogen and oxygen atoms in total. The van der Waals surface area contributed by atoms with E-state index in [1.54, 1.807) is 0 Å². The van der Waals surface area contributed by atoms with Crippen LogP contribution in [0.4, 0.5) is 0 Å². The van der Waals surface area contributed by atoms with Crippen LogP contribution in [0.5, 0.6) is 0 Å². The van der Waals surface area contributed by atoms with Gasteiger partial charge in [0.05, 0.1) is 0 Å². The number of aryl methyl sites for hydroxylation is 1. The van der Waals surface area contributed by atoms with Gasteiger partial charge in [-0.2, -0.15) is 0 Å². The highest BCUT2D eigenvalue weighted by atomic mass is 14.1. The maximum atomic E-state index is 2.36. The molecule has 0 aliphatic rings. The van der Waals surface area contributed by atoms with Crippen molar-refractivity contribution in [2.45, 2.75) is 6.92 Å². The van der Waals surface area contributed by atoms with Crippen LogP contribution >= 0.6 is 0 Å². The molecule has 0 saturated carbocycles. The molecule has 0 aromatic heterocycles. The summed E-state index contributed by atoms with van der Waals surface area (Å²) in [5, 5.41) is 10.6. The zero-order valence-electron chi connectivity index (χ0n) is 13.0. The third kappa shape index (κ3) is 1.85. The molecule has 0 heteroatoms. The van der Waals surface area contributed by atoms with Crippen molar-refractivity contribution in [3.05, 3.63) is 84.4 Å². The molecule has 0 bridgehead atoms. The Hall–Kier alpha value is -2.86. The highest BCUT2D eigenvalue weighted by Gasteiger charge is 2.05. The predicted molar refractivity (Wildman–Crippen MR) is 101 cm³/mol. The molecule has 0 radical (unpaired) electrons. The quantitative estimate of drug-likeness (QED) is 0.222. The first-order valence-corrected chi connectivity index (χ1v) is 8.04. The second-order valence-electron chi connectivity index (χ2n) is 6.36. The molecule has 0 heterocycles. The highest BCUT2D eigenvalue weighted by molar-refractivity contribution is 6.15. The van der Waals surface area contributed by atoms with Crippen molar-refractivity contribution in [3.63, 3.8) is 0 Å². The van der Waals surface area contributed by atoms with Crippen LogP contribution < -0.4 is 0 Å².